The van der Waals surface area contributed by atoms with Gasteiger partial charge < -0.3 is 15.4 Å². The van der Waals surface area contributed by atoms with Gasteiger partial charge in [0.05, 0.1) is 12.2 Å². The molecular weight excluding hydrogens is 249 g/mol. The second-order valence-corrected chi connectivity index (χ2v) is 3.82. The van der Waals surface area contributed by atoms with E-state index in [1.807, 2.05) is 0 Å². The first-order valence-corrected chi connectivity index (χ1v) is 5.87. The molecule has 5 nitrogen and oxygen atoms in total. The lowest BCUT2D eigenvalue weighted by Gasteiger charge is -2.09. The molecule has 0 atom stereocenters. The molecule has 0 fully saturated rings. The molecule has 0 radical (unpaired) electrons. The molecule has 0 aliphatic heterocycles. The summed E-state index contributed by atoms with van der Waals surface area (Å²) < 4.78 is 18.1. The number of ether oxygens (including phenoxy) is 1. The number of nitrogens with one attached hydrogen (secondary N) is 2. The van der Waals surface area contributed by atoms with Crippen molar-refractivity contribution in [2.75, 3.05) is 32.1 Å². The molecule has 1 rings (SSSR count). The van der Waals surface area contributed by atoms with Crippen LogP contribution in [-0.2, 0) is 9.53 Å². The third-order valence-electron chi connectivity index (χ3n) is 2.41. The summed E-state index contributed by atoms with van der Waals surface area (Å²) in [5.74, 6) is -0.822. The van der Waals surface area contributed by atoms with Crippen LogP contribution in [0.2, 0.25) is 0 Å². The summed E-state index contributed by atoms with van der Waals surface area (Å²) in [4.78, 5) is 11.5. The van der Waals surface area contributed by atoms with Gasteiger partial charge in [0.1, 0.15) is 17.4 Å². The van der Waals surface area contributed by atoms with E-state index in [4.69, 9.17) is 10.00 Å². The van der Waals surface area contributed by atoms with Crippen molar-refractivity contribution in [3.8, 4) is 6.07 Å². The van der Waals surface area contributed by atoms with Crippen molar-refractivity contribution in [2.45, 2.75) is 6.42 Å². The number of anilines is 1. The molecule has 0 aliphatic rings. The largest absolute Gasteiger partial charge is 0.385 e. The van der Waals surface area contributed by atoms with Crippen LogP contribution < -0.4 is 10.6 Å². The van der Waals surface area contributed by atoms with Gasteiger partial charge in [-0.05, 0) is 18.6 Å². The van der Waals surface area contributed by atoms with E-state index >= 15 is 0 Å². The topological polar surface area (TPSA) is 74.2 Å². The monoisotopic (exact) mass is 265 g/mol. The molecule has 0 saturated heterocycles. The lowest BCUT2D eigenvalue weighted by atomic mass is 10.2. The summed E-state index contributed by atoms with van der Waals surface area (Å²) in [7, 11) is 1.59. The van der Waals surface area contributed by atoms with Gasteiger partial charge in [-0.1, -0.05) is 6.07 Å². The van der Waals surface area contributed by atoms with Crippen LogP contribution in [0.4, 0.5) is 10.1 Å². The molecule has 1 amide bonds. The summed E-state index contributed by atoms with van der Waals surface area (Å²) in [6, 6.07) is 6.00. The second-order valence-electron chi connectivity index (χ2n) is 3.82. The predicted octanol–water partition coefficient (Wildman–Crippen LogP) is 1.26. The van der Waals surface area contributed by atoms with E-state index in [-0.39, 0.29) is 18.0 Å². The summed E-state index contributed by atoms with van der Waals surface area (Å²) in [5, 5.41) is 14.2. The van der Waals surface area contributed by atoms with Gasteiger partial charge in [0.2, 0.25) is 5.91 Å². The van der Waals surface area contributed by atoms with Crippen LogP contribution in [0.15, 0.2) is 18.2 Å². The van der Waals surface area contributed by atoms with Crippen molar-refractivity contribution in [1.29, 1.82) is 5.26 Å². The summed E-state index contributed by atoms with van der Waals surface area (Å²) in [6.07, 6.45) is 0.728. The van der Waals surface area contributed by atoms with Gasteiger partial charge in [-0.3, -0.25) is 4.79 Å². The Bertz CT molecular complexity index is 471. The fourth-order valence-electron chi connectivity index (χ4n) is 1.47. The zero-order valence-electron chi connectivity index (χ0n) is 10.7. The predicted molar refractivity (Wildman–Crippen MR) is 69.1 cm³/mol. The van der Waals surface area contributed by atoms with Gasteiger partial charge in [-0.15, -0.1) is 0 Å². The minimum atomic E-state index is -0.604. The SMILES string of the molecule is COCCCNC(=O)CNc1cccc(F)c1C#N. The highest BCUT2D eigenvalue weighted by molar-refractivity contribution is 5.81. The zero-order valence-corrected chi connectivity index (χ0v) is 10.7. The Morgan fingerprint density at radius 2 is 2.32 bits per heavy atom. The van der Waals surface area contributed by atoms with Crippen molar-refractivity contribution >= 4 is 11.6 Å². The van der Waals surface area contributed by atoms with Crippen LogP contribution in [0, 0.1) is 17.1 Å². The highest BCUT2D eigenvalue weighted by Gasteiger charge is 2.08. The molecule has 1 aromatic carbocycles. The number of carbonyl (C=O) groups is 1. The average Bonchev–Trinajstić information content (AvgIpc) is 2.41. The molecule has 0 saturated carbocycles. The van der Waals surface area contributed by atoms with Crippen molar-refractivity contribution in [1.82, 2.24) is 5.32 Å². The van der Waals surface area contributed by atoms with E-state index < -0.39 is 5.82 Å². The molecule has 0 spiro atoms. The molecule has 0 bridgehead atoms. The van der Waals surface area contributed by atoms with Crippen molar-refractivity contribution in [3.63, 3.8) is 0 Å². The maximum atomic E-state index is 13.3. The lowest BCUT2D eigenvalue weighted by molar-refractivity contribution is -0.119. The van der Waals surface area contributed by atoms with E-state index in [0.29, 0.717) is 18.8 Å². The van der Waals surface area contributed by atoms with Gasteiger partial charge in [0.25, 0.3) is 0 Å². The Labute approximate surface area is 111 Å². The second kappa shape index (κ2) is 8.06. The molecule has 0 aromatic heterocycles. The molecule has 6 heteroatoms. The first kappa shape index (κ1) is 14.9. The third-order valence-corrected chi connectivity index (χ3v) is 2.41. The minimum absolute atomic E-state index is 0.00881. The summed E-state index contributed by atoms with van der Waals surface area (Å²) in [5.41, 5.74) is 0.226. The summed E-state index contributed by atoms with van der Waals surface area (Å²) >= 11 is 0. The van der Waals surface area contributed by atoms with Crippen LogP contribution in [0.1, 0.15) is 12.0 Å². The summed E-state index contributed by atoms with van der Waals surface area (Å²) in [6.45, 7) is 1.09. The van der Waals surface area contributed by atoms with Crippen LogP contribution in [-0.4, -0.2) is 32.7 Å². The van der Waals surface area contributed by atoms with Gasteiger partial charge in [-0.25, -0.2) is 4.39 Å². The standard InChI is InChI=1S/C13H16FN3O2/c1-19-7-3-6-16-13(18)9-17-12-5-2-4-11(14)10(12)8-15/h2,4-5,17H,3,6-7,9H2,1H3,(H,16,18). The number of nitriles is 1. The Morgan fingerprint density at radius 1 is 1.53 bits per heavy atom. The van der Waals surface area contributed by atoms with E-state index in [9.17, 15) is 9.18 Å². The number of rotatable bonds is 7. The van der Waals surface area contributed by atoms with Gasteiger partial charge >= 0.3 is 0 Å². The Morgan fingerprint density at radius 3 is 3.00 bits per heavy atom. The first-order valence-electron chi connectivity index (χ1n) is 5.87. The van der Waals surface area contributed by atoms with Gasteiger partial charge in [0.15, 0.2) is 0 Å². The zero-order chi connectivity index (χ0) is 14.1. The maximum Gasteiger partial charge on any atom is 0.239 e. The molecule has 0 unspecified atom stereocenters. The maximum absolute atomic E-state index is 13.3. The van der Waals surface area contributed by atoms with Crippen molar-refractivity contribution in [2.24, 2.45) is 0 Å². The number of methoxy groups -OCH3 is 1. The van der Waals surface area contributed by atoms with Gasteiger partial charge in [-0.2, -0.15) is 5.26 Å². The molecule has 102 valence electrons. The van der Waals surface area contributed by atoms with E-state index in [0.717, 1.165) is 6.42 Å². The molecular formula is C13H16FN3O2. The molecule has 2 N–H and O–H groups in total. The van der Waals surface area contributed by atoms with E-state index in [1.165, 1.54) is 12.1 Å². The smallest absolute Gasteiger partial charge is 0.239 e. The van der Waals surface area contributed by atoms with Crippen LogP contribution in [0.25, 0.3) is 0 Å². The quantitative estimate of drug-likeness (QED) is 0.728. The molecule has 19 heavy (non-hydrogen) atoms. The van der Waals surface area contributed by atoms with Crippen LogP contribution in [0.3, 0.4) is 0 Å². The van der Waals surface area contributed by atoms with Gasteiger partial charge in [0, 0.05) is 20.3 Å². The van der Waals surface area contributed by atoms with E-state index in [1.54, 1.807) is 19.2 Å². The molecule has 0 aliphatic carbocycles. The number of nitrogens with zero attached hydrogens (tertiary/aromatic N) is 1. The van der Waals surface area contributed by atoms with Crippen LogP contribution >= 0.6 is 0 Å². The van der Waals surface area contributed by atoms with Crippen molar-refractivity contribution < 1.29 is 13.9 Å². The molecule has 1 aromatic rings. The fourth-order valence-corrected chi connectivity index (χ4v) is 1.47. The number of carbonyl (C=O) groups excluding carboxylic acids is 1. The molecule has 0 heterocycles. The number of hydrogen-bond donors (Lipinski definition) is 2. The Balaban J connectivity index is 2.43. The highest BCUT2D eigenvalue weighted by Crippen LogP contribution is 2.17. The minimum Gasteiger partial charge on any atom is -0.385 e. The van der Waals surface area contributed by atoms with Crippen molar-refractivity contribution in [3.05, 3.63) is 29.6 Å². The first-order chi connectivity index (χ1) is 9.19. The number of hydrogen-bond acceptors (Lipinski definition) is 4. The third kappa shape index (κ3) is 4.94. The number of benzene rings is 1. The number of amides is 1. The van der Waals surface area contributed by atoms with Crippen LogP contribution in [0.5, 0.6) is 0 Å². The normalized spacial score (nSPS) is 9.74. The van der Waals surface area contributed by atoms with E-state index in [2.05, 4.69) is 10.6 Å². The fraction of sp³-hybridized carbons (Fsp3) is 0.385. The highest BCUT2D eigenvalue weighted by atomic mass is 19.1. The number of halogens is 1. The Hall–Kier alpha value is -2.13. The average molecular weight is 265 g/mol. The lowest BCUT2D eigenvalue weighted by Crippen LogP contribution is -2.31. The Kier molecular flexibility index (Phi) is 6.33.